The number of halogens is 2. The number of hydrogen-bond donors (Lipinski definition) is 0. The van der Waals surface area contributed by atoms with E-state index in [0.29, 0.717) is 16.9 Å². The smallest absolute Gasteiger partial charge is 0.410 e. The molecule has 1 saturated heterocycles. The van der Waals surface area contributed by atoms with Gasteiger partial charge < -0.3 is 4.74 Å². The summed E-state index contributed by atoms with van der Waals surface area (Å²) in [6.07, 6.45) is 4.52. The lowest BCUT2D eigenvalue weighted by molar-refractivity contribution is 0.0866. The van der Waals surface area contributed by atoms with Gasteiger partial charge in [-0.3, -0.25) is 4.90 Å². The number of ether oxygens (including phenoxy) is 1. The zero-order valence-electron chi connectivity index (χ0n) is 17.9. The Labute approximate surface area is 202 Å². The van der Waals surface area contributed by atoms with E-state index in [-0.39, 0.29) is 24.1 Å². The summed E-state index contributed by atoms with van der Waals surface area (Å²) in [7, 11) is 0. The van der Waals surface area contributed by atoms with Gasteiger partial charge in [0.25, 0.3) is 0 Å². The molecule has 4 nitrogen and oxygen atoms in total. The van der Waals surface area contributed by atoms with Crippen molar-refractivity contribution in [2.45, 2.75) is 37.3 Å². The molecule has 3 aromatic rings. The minimum atomic E-state index is -0.236. The first kappa shape index (κ1) is 20.8. The van der Waals surface area contributed by atoms with Gasteiger partial charge in [-0.25, -0.2) is 9.78 Å². The van der Waals surface area contributed by atoms with Crippen LogP contribution in [0.3, 0.4) is 0 Å². The van der Waals surface area contributed by atoms with E-state index >= 15 is 0 Å². The number of rotatable bonds is 3. The molecule has 2 bridgehead atoms. The summed E-state index contributed by atoms with van der Waals surface area (Å²) < 4.78 is 5.94. The van der Waals surface area contributed by atoms with Crippen LogP contribution in [0.5, 0.6) is 0 Å². The van der Waals surface area contributed by atoms with Crippen molar-refractivity contribution in [2.24, 2.45) is 0 Å². The van der Waals surface area contributed by atoms with E-state index in [1.165, 1.54) is 22.3 Å². The van der Waals surface area contributed by atoms with Crippen LogP contribution in [0.4, 0.5) is 4.79 Å². The van der Waals surface area contributed by atoms with Crippen molar-refractivity contribution in [3.8, 4) is 11.1 Å². The molecule has 33 heavy (non-hydrogen) atoms. The maximum absolute atomic E-state index is 13.2. The normalized spacial score (nSPS) is 20.9. The highest BCUT2D eigenvalue weighted by atomic mass is 35.5. The summed E-state index contributed by atoms with van der Waals surface area (Å²) in [4.78, 5) is 19.3. The van der Waals surface area contributed by atoms with Crippen LogP contribution in [-0.4, -0.2) is 34.7 Å². The van der Waals surface area contributed by atoms with E-state index in [2.05, 4.69) is 47.5 Å². The highest BCUT2D eigenvalue weighted by Crippen LogP contribution is 2.45. The molecule has 2 unspecified atom stereocenters. The number of carbonyl (C=O) groups is 1. The molecule has 0 saturated carbocycles. The van der Waals surface area contributed by atoms with Gasteiger partial charge in [-0.1, -0.05) is 77.8 Å². The summed E-state index contributed by atoms with van der Waals surface area (Å²) >= 11 is 12.3. The van der Waals surface area contributed by atoms with Crippen molar-refractivity contribution in [3.63, 3.8) is 0 Å². The highest BCUT2D eigenvalue weighted by molar-refractivity contribution is 6.33. The molecule has 2 aliphatic heterocycles. The molecular formula is C27H22Cl2N2O2. The standard InChI is InChI=1S/C27H22Cl2N2O2/c28-25-12-11-19(26(29)30-25)16-13-17-9-10-18(14-16)31(17)27(32)33-15-24-22-7-3-1-5-20(22)21-6-2-4-8-23(21)24/h1-8,11-13,17-18,24H,9-10,14-15H2. The van der Waals surface area contributed by atoms with Crippen LogP contribution < -0.4 is 0 Å². The van der Waals surface area contributed by atoms with Crippen LogP contribution in [0.1, 0.15) is 41.9 Å². The maximum Gasteiger partial charge on any atom is 0.410 e. The summed E-state index contributed by atoms with van der Waals surface area (Å²) in [5.41, 5.74) is 6.92. The van der Waals surface area contributed by atoms with Crippen molar-refractivity contribution in [1.29, 1.82) is 0 Å². The largest absolute Gasteiger partial charge is 0.448 e. The third-order valence-corrected chi connectivity index (χ3v) is 7.60. The van der Waals surface area contributed by atoms with Gasteiger partial charge in [-0.2, -0.15) is 0 Å². The van der Waals surface area contributed by atoms with Gasteiger partial charge in [-0.05, 0) is 59.2 Å². The maximum atomic E-state index is 13.2. The van der Waals surface area contributed by atoms with Crippen LogP contribution in [-0.2, 0) is 4.74 Å². The van der Waals surface area contributed by atoms with Gasteiger partial charge in [0.2, 0.25) is 0 Å². The lowest BCUT2D eigenvalue weighted by atomic mass is 9.96. The first-order valence-corrected chi connectivity index (χ1v) is 12.0. The number of aromatic nitrogens is 1. The number of fused-ring (bicyclic) bond motifs is 5. The summed E-state index contributed by atoms with van der Waals surface area (Å²) in [5, 5.41) is 0.783. The fourth-order valence-corrected chi connectivity index (χ4v) is 6.10. The van der Waals surface area contributed by atoms with Crippen molar-refractivity contribution in [3.05, 3.63) is 93.7 Å². The molecule has 1 fully saturated rings. The van der Waals surface area contributed by atoms with Crippen molar-refractivity contribution in [2.75, 3.05) is 6.61 Å². The fraction of sp³-hybridized carbons (Fsp3) is 0.259. The number of hydrogen-bond acceptors (Lipinski definition) is 3. The molecule has 6 rings (SSSR count). The Balaban J connectivity index is 1.21. The minimum absolute atomic E-state index is 0.0149. The lowest BCUT2D eigenvalue weighted by Gasteiger charge is -2.33. The van der Waals surface area contributed by atoms with E-state index in [1.807, 2.05) is 23.1 Å². The fourth-order valence-electron chi connectivity index (χ4n) is 5.63. The second-order valence-electron chi connectivity index (χ2n) is 8.88. The monoisotopic (exact) mass is 476 g/mol. The molecule has 3 aliphatic rings. The summed E-state index contributed by atoms with van der Waals surface area (Å²) in [6, 6.07) is 20.6. The van der Waals surface area contributed by atoms with E-state index < -0.39 is 0 Å². The summed E-state index contributed by atoms with van der Waals surface area (Å²) in [6.45, 7) is 0.340. The lowest BCUT2D eigenvalue weighted by Crippen LogP contribution is -2.43. The third kappa shape index (κ3) is 3.53. The van der Waals surface area contributed by atoms with Gasteiger partial charge in [-0.15, -0.1) is 0 Å². The number of pyridine rings is 1. The van der Waals surface area contributed by atoms with E-state index in [1.54, 1.807) is 6.07 Å². The average molecular weight is 477 g/mol. The predicted molar refractivity (Wildman–Crippen MR) is 131 cm³/mol. The zero-order valence-corrected chi connectivity index (χ0v) is 19.4. The van der Waals surface area contributed by atoms with Crippen LogP contribution in [0.15, 0.2) is 66.7 Å². The number of nitrogens with zero attached hydrogens (tertiary/aromatic N) is 2. The molecule has 1 aliphatic carbocycles. The van der Waals surface area contributed by atoms with Crippen LogP contribution in [0.2, 0.25) is 10.3 Å². The van der Waals surface area contributed by atoms with E-state index in [4.69, 9.17) is 27.9 Å². The zero-order chi connectivity index (χ0) is 22.5. The molecule has 3 heterocycles. The Hall–Kier alpha value is -2.82. The van der Waals surface area contributed by atoms with Crippen molar-refractivity contribution < 1.29 is 9.53 Å². The number of carbonyl (C=O) groups excluding carboxylic acids is 1. The van der Waals surface area contributed by atoms with Crippen molar-refractivity contribution >= 4 is 34.9 Å². The summed E-state index contributed by atoms with van der Waals surface area (Å²) in [5.74, 6) is 0.0637. The van der Waals surface area contributed by atoms with Gasteiger partial charge >= 0.3 is 6.09 Å². The molecular weight excluding hydrogens is 455 g/mol. The van der Waals surface area contributed by atoms with E-state index in [0.717, 1.165) is 30.4 Å². The minimum Gasteiger partial charge on any atom is -0.448 e. The first-order chi connectivity index (χ1) is 16.1. The second kappa shape index (κ2) is 8.19. The Kier molecular flexibility index (Phi) is 5.16. The highest BCUT2D eigenvalue weighted by Gasteiger charge is 2.41. The molecule has 2 aromatic carbocycles. The van der Waals surface area contributed by atoms with E-state index in [9.17, 15) is 4.79 Å². The third-order valence-electron chi connectivity index (χ3n) is 7.10. The van der Waals surface area contributed by atoms with Gasteiger partial charge in [0.05, 0.1) is 6.04 Å². The molecule has 1 aromatic heterocycles. The predicted octanol–water partition coefficient (Wildman–Crippen LogP) is 6.96. The molecule has 2 atom stereocenters. The quantitative estimate of drug-likeness (QED) is 0.383. The van der Waals surface area contributed by atoms with Crippen LogP contribution >= 0.6 is 23.2 Å². The van der Waals surface area contributed by atoms with Gasteiger partial charge in [0.1, 0.15) is 16.9 Å². The Morgan fingerprint density at radius 1 is 0.939 bits per heavy atom. The van der Waals surface area contributed by atoms with Gasteiger partial charge in [0.15, 0.2) is 0 Å². The van der Waals surface area contributed by atoms with Crippen LogP contribution in [0, 0.1) is 0 Å². The van der Waals surface area contributed by atoms with Crippen LogP contribution in [0.25, 0.3) is 16.7 Å². The molecule has 6 heteroatoms. The average Bonchev–Trinajstić information content (AvgIpc) is 3.28. The Morgan fingerprint density at radius 2 is 1.64 bits per heavy atom. The molecule has 0 radical (unpaired) electrons. The molecule has 166 valence electrons. The molecule has 0 N–H and O–H groups in total. The SMILES string of the molecule is O=C(OCC1c2ccccc2-c2ccccc21)N1C2C=C(c3ccc(Cl)nc3Cl)CC1CC2. The Morgan fingerprint density at radius 3 is 2.30 bits per heavy atom. The first-order valence-electron chi connectivity index (χ1n) is 11.3. The second-order valence-corrected chi connectivity index (χ2v) is 9.62. The molecule has 1 amide bonds. The number of amides is 1. The molecule has 0 spiro atoms. The number of benzene rings is 2. The van der Waals surface area contributed by atoms with Gasteiger partial charge in [0, 0.05) is 17.5 Å². The topological polar surface area (TPSA) is 42.4 Å². The Bertz CT molecular complexity index is 1240. The van der Waals surface area contributed by atoms with Crippen molar-refractivity contribution in [1.82, 2.24) is 9.88 Å².